The van der Waals surface area contributed by atoms with Crippen molar-refractivity contribution >= 4 is 17.9 Å². The number of amides is 1. The van der Waals surface area contributed by atoms with Crippen molar-refractivity contribution in [3.63, 3.8) is 0 Å². The van der Waals surface area contributed by atoms with Gasteiger partial charge in [-0.05, 0) is 27.7 Å². The topological polar surface area (TPSA) is 70.6 Å². The van der Waals surface area contributed by atoms with Gasteiger partial charge in [0.05, 0.1) is 0 Å². The van der Waals surface area contributed by atoms with Crippen molar-refractivity contribution in [2.45, 2.75) is 45.2 Å². The van der Waals surface area contributed by atoms with Crippen LogP contribution in [0.5, 0.6) is 0 Å². The first-order chi connectivity index (χ1) is 6.76. The molecule has 0 radical (unpaired) electrons. The van der Waals surface area contributed by atoms with Gasteiger partial charge in [-0.3, -0.25) is 10.2 Å². The second kappa shape index (κ2) is 3.64. The van der Waals surface area contributed by atoms with Gasteiger partial charge in [-0.15, -0.1) is 0 Å². The standard InChI is InChI=1S/C10H17N3O2/c1-9(2,3)11-8(15)7-5-10(4,6-14)13-12-7/h6,13H,5H2,1-4H3,(H,11,15). The number of rotatable bonds is 2. The molecule has 5 nitrogen and oxygen atoms in total. The Balaban J connectivity index is 2.62. The Labute approximate surface area is 89.3 Å². The van der Waals surface area contributed by atoms with Gasteiger partial charge in [0.15, 0.2) is 0 Å². The molecule has 1 amide bonds. The van der Waals surface area contributed by atoms with Crippen LogP contribution in [0.4, 0.5) is 0 Å². The lowest BCUT2D eigenvalue weighted by atomic mass is 9.98. The van der Waals surface area contributed by atoms with Gasteiger partial charge in [-0.1, -0.05) is 0 Å². The molecule has 0 saturated heterocycles. The van der Waals surface area contributed by atoms with Crippen molar-refractivity contribution in [1.82, 2.24) is 10.7 Å². The highest BCUT2D eigenvalue weighted by Gasteiger charge is 2.34. The number of hydrogen-bond acceptors (Lipinski definition) is 4. The molecule has 0 spiro atoms. The SMILES string of the molecule is CC(C)(C)NC(=O)C1=NNC(C)(C=O)C1. The molecule has 1 rings (SSSR count). The zero-order valence-electron chi connectivity index (χ0n) is 9.55. The largest absolute Gasteiger partial charge is 0.346 e. The predicted molar refractivity (Wildman–Crippen MR) is 57.6 cm³/mol. The van der Waals surface area contributed by atoms with E-state index in [0.717, 1.165) is 6.29 Å². The Kier molecular flexibility index (Phi) is 2.83. The van der Waals surface area contributed by atoms with Crippen LogP contribution in [-0.4, -0.2) is 29.0 Å². The summed E-state index contributed by atoms with van der Waals surface area (Å²) >= 11 is 0. The van der Waals surface area contributed by atoms with E-state index >= 15 is 0 Å². The van der Waals surface area contributed by atoms with E-state index in [0.29, 0.717) is 12.1 Å². The summed E-state index contributed by atoms with van der Waals surface area (Å²) < 4.78 is 0. The minimum Gasteiger partial charge on any atom is -0.346 e. The Morgan fingerprint density at radius 2 is 2.20 bits per heavy atom. The van der Waals surface area contributed by atoms with Gasteiger partial charge < -0.3 is 10.1 Å². The molecular weight excluding hydrogens is 194 g/mol. The molecular formula is C10H17N3O2. The predicted octanol–water partition coefficient (Wildman–Crippen LogP) is 0.208. The molecule has 1 heterocycles. The third-order valence-corrected chi connectivity index (χ3v) is 1.99. The lowest BCUT2D eigenvalue weighted by molar-refractivity contribution is -0.116. The van der Waals surface area contributed by atoms with Crippen molar-refractivity contribution in [2.24, 2.45) is 5.10 Å². The molecule has 0 aliphatic carbocycles. The number of hydrazone groups is 1. The summed E-state index contributed by atoms with van der Waals surface area (Å²) in [6.45, 7) is 7.40. The van der Waals surface area contributed by atoms with Crippen LogP contribution in [0.1, 0.15) is 34.1 Å². The van der Waals surface area contributed by atoms with Gasteiger partial charge >= 0.3 is 0 Å². The van der Waals surface area contributed by atoms with Crippen LogP contribution in [0.3, 0.4) is 0 Å². The molecule has 2 N–H and O–H groups in total. The van der Waals surface area contributed by atoms with Crippen LogP contribution in [-0.2, 0) is 9.59 Å². The molecule has 1 atom stereocenters. The van der Waals surface area contributed by atoms with Gasteiger partial charge in [-0.25, -0.2) is 0 Å². The normalized spacial score (nSPS) is 25.5. The quantitative estimate of drug-likeness (QED) is 0.641. The molecule has 0 saturated carbocycles. The first-order valence-electron chi connectivity index (χ1n) is 4.88. The molecule has 0 aromatic rings. The monoisotopic (exact) mass is 211 g/mol. The van der Waals surface area contributed by atoms with E-state index in [9.17, 15) is 9.59 Å². The average Bonchev–Trinajstić information content (AvgIpc) is 2.46. The summed E-state index contributed by atoms with van der Waals surface area (Å²) in [4.78, 5) is 22.4. The van der Waals surface area contributed by atoms with Gasteiger partial charge in [0.25, 0.3) is 5.91 Å². The van der Waals surface area contributed by atoms with Crippen molar-refractivity contribution in [1.29, 1.82) is 0 Å². The number of nitrogens with one attached hydrogen (secondary N) is 2. The van der Waals surface area contributed by atoms with Crippen molar-refractivity contribution < 1.29 is 9.59 Å². The second-order valence-corrected chi connectivity index (χ2v) is 5.09. The smallest absolute Gasteiger partial charge is 0.267 e. The maximum atomic E-state index is 11.7. The van der Waals surface area contributed by atoms with Crippen LogP contribution < -0.4 is 10.7 Å². The number of aldehydes is 1. The van der Waals surface area contributed by atoms with Crippen LogP contribution in [0.25, 0.3) is 0 Å². The summed E-state index contributed by atoms with van der Waals surface area (Å²) in [5.74, 6) is -0.222. The Hall–Kier alpha value is -1.39. The van der Waals surface area contributed by atoms with E-state index in [1.165, 1.54) is 0 Å². The fraction of sp³-hybridized carbons (Fsp3) is 0.700. The summed E-state index contributed by atoms with van der Waals surface area (Å²) in [5.41, 5.74) is 2.01. The van der Waals surface area contributed by atoms with E-state index in [1.807, 2.05) is 20.8 Å². The Morgan fingerprint density at radius 3 is 2.60 bits per heavy atom. The number of hydrogen-bond donors (Lipinski definition) is 2. The van der Waals surface area contributed by atoms with Crippen LogP contribution in [0.2, 0.25) is 0 Å². The van der Waals surface area contributed by atoms with E-state index < -0.39 is 5.54 Å². The first kappa shape index (κ1) is 11.7. The first-order valence-corrected chi connectivity index (χ1v) is 4.88. The third kappa shape index (κ3) is 3.04. The molecule has 0 aromatic carbocycles. The van der Waals surface area contributed by atoms with E-state index in [-0.39, 0.29) is 11.4 Å². The molecule has 5 heteroatoms. The van der Waals surface area contributed by atoms with Gasteiger partial charge in [0.1, 0.15) is 17.5 Å². The van der Waals surface area contributed by atoms with E-state index in [1.54, 1.807) is 6.92 Å². The van der Waals surface area contributed by atoms with E-state index in [2.05, 4.69) is 15.8 Å². The lowest BCUT2D eigenvalue weighted by Crippen LogP contribution is -2.45. The van der Waals surface area contributed by atoms with E-state index in [4.69, 9.17) is 0 Å². The molecule has 1 unspecified atom stereocenters. The molecule has 0 aromatic heterocycles. The van der Waals surface area contributed by atoms with Gasteiger partial charge in [-0.2, -0.15) is 5.10 Å². The average molecular weight is 211 g/mol. The maximum absolute atomic E-state index is 11.7. The minimum absolute atomic E-state index is 0.222. The number of carbonyl (C=O) groups is 2. The fourth-order valence-corrected chi connectivity index (χ4v) is 1.23. The Bertz CT molecular complexity index is 317. The summed E-state index contributed by atoms with van der Waals surface area (Å²) in [7, 11) is 0. The van der Waals surface area contributed by atoms with Gasteiger partial charge in [0, 0.05) is 12.0 Å². The lowest BCUT2D eigenvalue weighted by Gasteiger charge is -2.20. The zero-order chi connectivity index (χ0) is 11.7. The second-order valence-electron chi connectivity index (χ2n) is 5.09. The van der Waals surface area contributed by atoms with Gasteiger partial charge in [0.2, 0.25) is 0 Å². The van der Waals surface area contributed by atoms with Crippen molar-refractivity contribution in [3.05, 3.63) is 0 Å². The Morgan fingerprint density at radius 1 is 1.60 bits per heavy atom. The fourth-order valence-electron chi connectivity index (χ4n) is 1.23. The molecule has 1 aliphatic heterocycles. The summed E-state index contributed by atoms with van der Waals surface area (Å²) in [5, 5.41) is 6.66. The highest BCUT2D eigenvalue weighted by molar-refractivity contribution is 6.40. The molecule has 84 valence electrons. The minimum atomic E-state index is -0.732. The maximum Gasteiger partial charge on any atom is 0.267 e. The van der Waals surface area contributed by atoms with Crippen molar-refractivity contribution in [2.75, 3.05) is 0 Å². The van der Waals surface area contributed by atoms with Crippen molar-refractivity contribution in [3.8, 4) is 0 Å². The number of carbonyl (C=O) groups excluding carboxylic acids is 2. The highest BCUT2D eigenvalue weighted by Crippen LogP contribution is 2.14. The highest BCUT2D eigenvalue weighted by atomic mass is 16.2. The van der Waals surface area contributed by atoms with Crippen LogP contribution in [0.15, 0.2) is 5.10 Å². The molecule has 0 fully saturated rings. The zero-order valence-corrected chi connectivity index (χ0v) is 9.55. The molecule has 1 aliphatic rings. The summed E-state index contributed by atoms with van der Waals surface area (Å²) in [6, 6.07) is 0. The third-order valence-electron chi connectivity index (χ3n) is 1.99. The molecule has 0 bridgehead atoms. The summed E-state index contributed by atoms with van der Waals surface area (Å²) in [6.07, 6.45) is 1.10. The molecule has 15 heavy (non-hydrogen) atoms. The van der Waals surface area contributed by atoms with Crippen LogP contribution in [0, 0.1) is 0 Å². The number of nitrogens with zero attached hydrogens (tertiary/aromatic N) is 1. The van der Waals surface area contributed by atoms with Crippen LogP contribution >= 0.6 is 0 Å².